The Hall–Kier alpha value is -1.91. The van der Waals surface area contributed by atoms with Gasteiger partial charge in [-0.05, 0) is 42.6 Å². The van der Waals surface area contributed by atoms with Crippen LogP contribution in [0.15, 0.2) is 27.6 Å². The number of pyridine rings is 1. The van der Waals surface area contributed by atoms with Crippen LogP contribution in [0.1, 0.15) is 45.9 Å². The van der Waals surface area contributed by atoms with Crippen LogP contribution in [0.5, 0.6) is 0 Å². The first kappa shape index (κ1) is 16.0. The van der Waals surface area contributed by atoms with Gasteiger partial charge in [0.05, 0.1) is 0 Å². The van der Waals surface area contributed by atoms with Crippen molar-refractivity contribution in [2.75, 3.05) is 0 Å². The molecule has 5 nitrogen and oxygen atoms in total. The highest BCUT2D eigenvalue weighted by atomic mass is 16.5. The number of nitrogens with zero attached hydrogens (tertiary/aromatic N) is 3. The summed E-state index contributed by atoms with van der Waals surface area (Å²) >= 11 is 0. The molecule has 23 heavy (non-hydrogen) atoms. The van der Waals surface area contributed by atoms with Crippen LogP contribution in [-0.2, 0) is 13.5 Å². The zero-order valence-electron chi connectivity index (χ0n) is 14.4. The third-order valence-corrected chi connectivity index (χ3v) is 4.75. The molecule has 1 saturated carbocycles. The lowest BCUT2D eigenvalue weighted by atomic mass is 9.67. The van der Waals surface area contributed by atoms with Crippen molar-refractivity contribution in [1.29, 1.82) is 0 Å². The fourth-order valence-corrected chi connectivity index (χ4v) is 4.13. The maximum absolute atomic E-state index is 11.5. The van der Waals surface area contributed by atoms with Gasteiger partial charge in [0.1, 0.15) is 0 Å². The zero-order chi connectivity index (χ0) is 16.6. The van der Waals surface area contributed by atoms with E-state index in [1.54, 1.807) is 19.3 Å². The predicted molar refractivity (Wildman–Crippen MR) is 89.0 cm³/mol. The summed E-state index contributed by atoms with van der Waals surface area (Å²) in [6.07, 6.45) is 6.29. The summed E-state index contributed by atoms with van der Waals surface area (Å²) in [4.78, 5) is 16.0. The SMILES string of the molecule is CC1CC(Cc2nc(-c3ccc(=O)n(C)c3)no2)CC(C)(C)C1. The minimum absolute atomic E-state index is 0.0455. The molecule has 3 rings (SSSR count). The Kier molecular flexibility index (Phi) is 4.13. The highest BCUT2D eigenvalue weighted by molar-refractivity contribution is 5.52. The van der Waals surface area contributed by atoms with Crippen LogP contribution in [0, 0.1) is 17.3 Å². The summed E-state index contributed by atoms with van der Waals surface area (Å²) < 4.78 is 6.97. The topological polar surface area (TPSA) is 60.9 Å². The Labute approximate surface area is 136 Å². The van der Waals surface area contributed by atoms with Crippen molar-refractivity contribution in [1.82, 2.24) is 14.7 Å². The molecular formula is C18H25N3O2. The van der Waals surface area contributed by atoms with E-state index in [0.29, 0.717) is 23.0 Å². The molecule has 2 aromatic rings. The quantitative estimate of drug-likeness (QED) is 0.870. The van der Waals surface area contributed by atoms with Crippen molar-refractivity contribution >= 4 is 0 Å². The highest BCUT2D eigenvalue weighted by Gasteiger charge is 2.32. The van der Waals surface area contributed by atoms with Crippen molar-refractivity contribution < 1.29 is 4.52 Å². The fraction of sp³-hybridized carbons (Fsp3) is 0.611. The normalized spacial score (nSPS) is 23.8. The molecule has 0 aliphatic heterocycles. The van der Waals surface area contributed by atoms with E-state index < -0.39 is 0 Å². The van der Waals surface area contributed by atoms with E-state index in [2.05, 4.69) is 30.9 Å². The van der Waals surface area contributed by atoms with E-state index in [9.17, 15) is 4.79 Å². The number of hydrogen-bond acceptors (Lipinski definition) is 4. The molecule has 1 aliphatic rings. The summed E-state index contributed by atoms with van der Waals surface area (Å²) in [6, 6.07) is 3.26. The first-order valence-electron chi connectivity index (χ1n) is 8.32. The Balaban J connectivity index is 1.74. The largest absolute Gasteiger partial charge is 0.339 e. The highest BCUT2D eigenvalue weighted by Crippen LogP contribution is 2.42. The molecule has 2 aromatic heterocycles. The van der Waals surface area contributed by atoms with Gasteiger partial charge in [0.25, 0.3) is 0 Å². The number of rotatable bonds is 3. The van der Waals surface area contributed by atoms with Crippen LogP contribution < -0.4 is 5.56 Å². The van der Waals surface area contributed by atoms with E-state index in [0.717, 1.165) is 17.9 Å². The summed E-state index contributed by atoms with van der Waals surface area (Å²) in [6.45, 7) is 7.02. The predicted octanol–water partition coefficient (Wildman–Crippen LogP) is 3.44. The van der Waals surface area contributed by atoms with Gasteiger partial charge in [0.15, 0.2) is 0 Å². The zero-order valence-corrected chi connectivity index (χ0v) is 14.4. The minimum atomic E-state index is -0.0455. The first-order chi connectivity index (χ1) is 10.8. The summed E-state index contributed by atoms with van der Waals surface area (Å²) in [5.41, 5.74) is 1.15. The van der Waals surface area contributed by atoms with E-state index in [1.165, 1.54) is 29.9 Å². The van der Waals surface area contributed by atoms with Gasteiger partial charge in [0.2, 0.25) is 17.3 Å². The molecule has 2 heterocycles. The molecular weight excluding hydrogens is 290 g/mol. The number of hydrogen-bond donors (Lipinski definition) is 0. The molecule has 2 atom stereocenters. The van der Waals surface area contributed by atoms with Crippen molar-refractivity contribution in [3.05, 3.63) is 34.6 Å². The average molecular weight is 315 g/mol. The minimum Gasteiger partial charge on any atom is -0.339 e. The molecule has 124 valence electrons. The van der Waals surface area contributed by atoms with E-state index >= 15 is 0 Å². The van der Waals surface area contributed by atoms with Crippen LogP contribution in [0.4, 0.5) is 0 Å². The third kappa shape index (κ3) is 3.71. The summed E-state index contributed by atoms with van der Waals surface area (Å²) in [5, 5.41) is 4.08. The van der Waals surface area contributed by atoms with E-state index in [4.69, 9.17) is 4.52 Å². The number of aromatic nitrogens is 3. The molecule has 0 radical (unpaired) electrons. The maximum atomic E-state index is 11.5. The van der Waals surface area contributed by atoms with Gasteiger partial charge in [0, 0.05) is 31.3 Å². The van der Waals surface area contributed by atoms with Crippen molar-refractivity contribution in [3.8, 4) is 11.4 Å². The molecule has 0 aromatic carbocycles. The van der Waals surface area contributed by atoms with Gasteiger partial charge in [-0.2, -0.15) is 4.98 Å². The van der Waals surface area contributed by atoms with Crippen molar-refractivity contribution in [2.45, 2.75) is 46.5 Å². The average Bonchev–Trinajstić information content (AvgIpc) is 2.88. The van der Waals surface area contributed by atoms with Gasteiger partial charge in [-0.15, -0.1) is 0 Å². The first-order valence-corrected chi connectivity index (χ1v) is 8.32. The standard InChI is InChI=1S/C18H25N3O2/c1-12-7-13(10-18(2,3)9-12)8-15-19-17(20-23-15)14-5-6-16(22)21(4)11-14/h5-6,11-13H,7-10H2,1-4H3. The summed E-state index contributed by atoms with van der Waals surface area (Å²) in [5.74, 6) is 2.60. The Bertz CT molecular complexity index is 745. The van der Waals surface area contributed by atoms with Crippen molar-refractivity contribution in [3.63, 3.8) is 0 Å². The second-order valence-corrected chi connectivity index (χ2v) is 7.86. The van der Waals surface area contributed by atoms with Gasteiger partial charge in [-0.1, -0.05) is 25.9 Å². The molecule has 0 amide bonds. The van der Waals surface area contributed by atoms with Gasteiger partial charge in [-0.25, -0.2) is 0 Å². The van der Waals surface area contributed by atoms with Crippen LogP contribution in [0.25, 0.3) is 11.4 Å². The Morgan fingerprint density at radius 3 is 2.83 bits per heavy atom. The second-order valence-electron chi connectivity index (χ2n) is 7.86. The van der Waals surface area contributed by atoms with E-state index in [-0.39, 0.29) is 5.56 Å². The van der Waals surface area contributed by atoms with Gasteiger partial charge >= 0.3 is 0 Å². The molecule has 0 N–H and O–H groups in total. The van der Waals surface area contributed by atoms with E-state index in [1.807, 2.05) is 0 Å². The molecule has 1 fully saturated rings. The summed E-state index contributed by atoms with van der Waals surface area (Å²) in [7, 11) is 1.72. The Morgan fingerprint density at radius 2 is 2.13 bits per heavy atom. The van der Waals surface area contributed by atoms with Gasteiger partial charge in [-0.3, -0.25) is 4.79 Å². The fourth-order valence-electron chi connectivity index (χ4n) is 4.13. The lowest BCUT2D eigenvalue weighted by molar-refractivity contribution is 0.127. The Morgan fingerprint density at radius 1 is 1.35 bits per heavy atom. The monoisotopic (exact) mass is 315 g/mol. The molecule has 1 aliphatic carbocycles. The second kappa shape index (κ2) is 5.95. The molecule has 0 spiro atoms. The van der Waals surface area contributed by atoms with Crippen molar-refractivity contribution in [2.24, 2.45) is 24.3 Å². The number of aryl methyl sites for hydroxylation is 1. The lowest BCUT2D eigenvalue weighted by Crippen LogP contribution is -2.28. The molecule has 0 saturated heterocycles. The smallest absolute Gasteiger partial charge is 0.250 e. The third-order valence-electron chi connectivity index (χ3n) is 4.75. The van der Waals surface area contributed by atoms with Crippen LogP contribution in [0.3, 0.4) is 0 Å². The van der Waals surface area contributed by atoms with Crippen LogP contribution in [0.2, 0.25) is 0 Å². The maximum Gasteiger partial charge on any atom is 0.250 e. The molecule has 0 bridgehead atoms. The van der Waals surface area contributed by atoms with Gasteiger partial charge < -0.3 is 9.09 Å². The molecule has 2 unspecified atom stereocenters. The molecule has 5 heteroatoms. The lowest BCUT2D eigenvalue weighted by Gasteiger charge is -2.38. The van der Waals surface area contributed by atoms with Crippen LogP contribution in [-0.4, -0.2) is 14.7 Å². The van der Waals surface area contributed by atoms with Crippen LogP contribution >= 0.6 is 0 Å².